The second kappa shape index (κ2) is 11.2. The lowest BCUT2D eigenvalue weighted by molar-refractivity contribution is 0.0734. The lowest BCUT2D eigenvalue weighted by Crippen LogP contribution is -2.42. The van der Waals surface area contributed by atoms with Crippen LogP contribution in [0.25, 0.3) is 11.1 Å². The zero-order valence-electron chi connectivity index (χ0n) is 21.8. The van der Waals surface area contributed by atoms with E-state index in [1.165, 1.54) is 0 Å². The van der Waals surface area contributed by atoms with Gasteiger partial charge in [0.25, 0.3) is 0 Å². The lowest BCUT2D eigenvalue weighted by atomic mass is 9.94. The number of hydrogen-bond acceptors (Lipinski definition) is 7. The third kappa shape index (κ3) is 5.29. The van der Waals surface area contributed by atoms with E-state index in [9.17, 15) is 4.79 Å². The molecule has 1 saturated heterocycles. The Balaban J connectivity index is 1.40. The summed E-state index contributed by atoms with van der Waals surface area (Å²) in [6, 6.07) is 15.6. The number of methoxy groups -OCH3 is 3. The van der Waals surface area contributed by atoms with Crippen molar-refractivity contribution in [2.24, 2.45) is 0 Å². The van der Waals surface area contributed by atoms with Crippen LogP contribution >= 0.6 is 0 Å². The van der Waals surface area contributed by atoms with Crippen LogP contribution in [-0.2, 0) is 19.4 Å². The molecular formula is C30H34N2O5. The second-order valence-electron chi connectivity index (χ2n) is 9.47. The van der Waals surface area contributed by atoms with Crippen LogP contribution in [0.15, 0.2) is 48.5 Å². The van der Waals surface area contributed by atoms with E-state index in [4.69, 9.17) is 18.9 Å². The molecule has 0 saturated carbocycles. The lowest BCUT2D eigenvalue weighted by Gasteiger charge is -2.27. The van der Waals surface area contributed by atoms with Gasteiger partial charge in [0.2, 0.25) is 5.75 Å². The van der Waals surface area contributed by atoms with Gasteiger partial charge >= 0.3 is 5.97 Å². The molecule has 3 aromatic carbocycles. The fourth-order valence-corrected chi connectivity index (χ4v) is 5.34. The SMILES string of the molecule is COc1cc2c(c(OC)c1OC)-c1ccc(OC(=O)c3cccc(CN4CCNCC4)c3)cc1CCC2. The Morgan fingerprint density at radius 1 is 0.892 bits per heavy atom. The zero-order chi connectivity index (χ0) is 25.8. The molecule has 3 aromatic rings. The van der Waals surface area contributed by atoms with Crippen molar-refractivity contribution in [3.05, 3.63) is 70.8 Å². The summed E-state index contributed by atoms with van der Waals surface area (Å²) < 4.78 is 22.8. The van der Waals surface area contributed by atoms with Gasteiger partial charge in [0, 0.05) is 38.3 Å². The van der Waals surface area contributed by atoms with Crippen molar-refractivity contribution in [1.82, 2.24) is 10.2 Å². The third-order valence-electron chi connectivity index (χ3n) is 7.14. The fourth-order valence-electron chi connectivity index (χ4n) is 5.34. The highest BCUT2D eigenvalue weighted by Crippen LogP contribution is 2.49. The van der Waals surface area contributed by atoms with Gasteiger partial charge in [-0.3, -0.25) is 4.90 Å². The minimum absolute atomic E-state index is 0.347. The van der Waals surface area contributed by atoms with Crippen LogP contribution in [0.5, 0.6) is 23.0 Å². The molecule has 1 N–H and O–H groups in total. The van der Waals surface area contributed by atoms with Crippen LogP contribution in [0.2, 0.25) is 0 Å². The smallest absolute Gasteiger partial charge is 0.343 e. The van der Waals surface area contributed by atoms with Gasteiger partial charge in [0.15, 0.2) is 11.5 Å². The largest absolute Gasteiger partial charge is 0.493 e. The Hall–Kier alpha value is -3.55. The van der Waals surface area contributed by atoms with E-state index in [2.05, 4.69) is 16.3 Å². The molecule has 1 fully saturated rings. The van der Waals surface area contributed by atoms with Gasteiger partial charge in [0.05, 0.1) is 26.9 Å². The van der Waals surface area contributed by atoms with Gasteiger partial charge in [0.1, 0.15) is 5.75 Å². The zero-order valence-corrected chi connectivity index (χ0v) is 21.8. The molecule has 2 aliphatic rings. The number of rotatable bonds is 7. The third-order valence-corrected chi connectivity index (χ3v) is 7.14. The molecule has 5 rings (SSSR count). The maximum Gasteiger partial charge on any atom is 0.343 e. The fraction of sp³-hybridized carbons (Fsp3) is 0.367. The highest BCUT2D eigenvalue weighted by atomic mass is 16.5. The molecule has 7 nitrogen and oxygen atoms in total. The van der Waals surface area contributed by atoms with E-state index >= 15 is 0 Å². The molecule has 194 valence electrons. The van der Waals surface area contributed by atoms with Crippen molar-refractivity contribution in [3.8, 4) is 34.1 Å². The summed E-state index contributed by atoms with van der Waals surface area (Å²) in [4.78, 5) is 15.4. The summed E-state index contributed by atoms with van der Waals surface area (Å²) in [5, 5.41) is 3.37. The van der Waals surface area contributed by atoms with Crippen LogP contribution in [0.1, 0.15) is 33.5 Å². The summed E-state index contributed by atoms with van der Waals surface area (Å²) >= 11 is 0. The number of benzene rings is 3. The van der Waals surface area contributed by atoms with E-state index in [0.717, 1.165) is 79.8 Å². The standard InChI is InChI=1S/C30H34N2O5/c1-34-26-18-22-8-5-7-21-17-24(10-11-25(21)27(22)29(36-3)28(26)35-2)37-30(33)23-9-4-6-20(16-23)19-32-14-12-31-13-15-32/h4,6,9-11,16-18,31H,5,7-8,12-15,19H2,1-3H3. The first kappa shape index (κ1) is 25.1. The monoisotopic (exact) mass is 502 g/mol. The van der Waals surface area contributed by atoms with E-state index < -0.39 is 0 Å². The first-order valence-corrected chi connectivity index (χ1v) is 12.8. The van der Waals surface area contributed by atoms with Crippen molar-refractivity contribution in [1.29, 1.82) is 0 Å². The summed E-state index contributed by atoms with van der Waals surface area (Å²) in [5.41, 5.74) is 6.01. The normalized spacial score (nSPS) is 15.2. The molecule has 0 radical (unpaired) electrons. The molecule has 37 heavy (non-hydrogen) atoms. The average molecular weight is 503 g/mol. The van der Waals surface area contributed by atoms with Crippen LogP contribution in [-0.4, -0.2) is 58.4 Å². The second-order valence-corrected chi connectivity index (χ2v) is 9.47. The number of carbonyl (C=O) groups excluding carboxylic acids is 1. The van der Waals surface area contributed by atoms with Crippen molar-refractivity contribution >= 4 is 5.97 Å². The maximum absolute atomic E-state index is 13.1. The molecular weight excluding hydrogens is 468 g/mol. The van der Waals surface area contributed by atoms with Crippen LogP contribution in [0.4, 0.5) is 0 Å². The van der Waals surface area contributed by atoms with Gasteiger partial charge in [-0.1, -0.05) is 18.2 Å². The van der Waals surface area contributed by atoms with E-state index in [0.29, 0.717) is 28.6 Å². The minimum Gasteiger partial charge on any atom is -0.493 e. The van der Waals surface area contributed by atoms with Gasteiger partial charge in [-0.25, -0.2) is 4.79 Å². The molecule has 1 aliphatic carbocycles. The Morgan fingerprint density at radius 3 is 2.43 bits per heavy atom. The maximum atomic E-state index is 13.1. The van der Waals surface area contributed by atoms with Crippen molar-refractivity contribution in [2.45, 2.75) is 25.8 Å². The van der Waals surface area contributed by atoms with E-state index in [1.807, 2.05) is 42.5 Å². The van der Waals surface area contributed by atoms with Crippen LogP contribution in [0, 0.1) is 0 Å². The van der Waals surface area contributed by atoms with Gasteiger partial charge in [-0.05, 0) is 71.8 Å². The van der Waals surface area contributed by atoms with Crippen molar-refractivity contribution < 1.29 is 23.7 Å². The van der Waals surface area contributed by atoms with Crippen molar-refractivity contribution in [3.63, 3.8) is 0 Å². The quantitative estimate of drug-likeness (QED) is 0.377. The molecule has 1 heterocycles. The van der Waals surface area contributed by atoms with Gasteiger partial charge in [-0.2, -0.15) is 0 Å². The highest BCUT2D eigenvalue weighted by Gasteiger charge is 2.25. The minimum atomic E-state index is -0.347. The highest BCUT2D eigenvalue weighted by molar-refractivity contribution is 5.91. The number of piperazine rings is 1. The number of hydrogen-bond donors (Lipinski definition) is 1. The molecule has 1 aliphatic heterocycles. The number of nitrogens with one attached hydrogen (secondary N) is 1. The topological polar surface area (TPSA) is 69.3 Å². The van der Waals surface area contributed by atoms with Gasteiger partial charge in [-0.15, -0.1) is 0 Å². The molecule has 0 atom stereocenters. The first-order chi connectivity index (χ1) is 18.1. The molecule has 0 unspecified atom stereocenters. The number of aryl methyl sites for hydroxylation is 2. The number of esters is 1. The molecule has 0 spiro atoms. The van der Waals surface area contributed by atoms with E-state index in [1.54, 1.807) is 21.3 Å². The number of fused-ring (bicyclic) bond motifs is 3. The molecule has 7 heteroatoms. The summed E-state index contributed by atoms with van der Waals surface area (Å²) in [5.74, 6) is 2.09. The summed E-state index contributed by atoms with van der Waals surface area (Å²) in [7, 11) is 4.90. The van der Waals surface area contributed by atoms with Crippen LogP contribution < -0.4 is 24.3 Å². The predicted octanol–water partition coefficient (Wildman–Crippen LogP) is 4.49. The molecule has 0 amide bonds. The Kier molecular flexibility index (Phi) is 7.63. The van der Waals surface area contributed by atoms with Gasteiger partial charge < -0.3 is 24.3 Å². The Labute approximate surface area is 218 Å². The summed E-state index contributed by atoms with van der Waals surface area (Å²) in [6.45, 7) is 4.84. The van der Waals surface area contributed by atoms with Crippen LogP contribution in [0.3, 0.4) is 0 Å². The first-order valence-electron chi connectivity index (χ1n) is 12.8. The number of ether oxygens (including phenoxy) is 4. The molecule has 0 aromatic heterocycles. The summed E-state index contributed by atoms with van der Waals surface area (Å²) in [6.07, 6.45) is 2.71. The van der Waals surface area contributed by atoms with E-state index in [-0.39, 0.29) is 5.97 Å². The average Bonchev–Trinajstić information content (AvgIpc) is 3.11. The predicted molar refractivity (Wildman–Crippen MR) is 143 cm³/mol. The molecule has 0 bridgehead atoms. The van der Waals surface area contributed by atoms with Crippen molar-refractivity contribution in [2.75, 3.05) is 47.5 Å². The Morgan fingerprint density at radius 2 is 1.68 bits per heavy atom. The Bertz CT molecular complexity index is 1280. The number of carbonyl (C=O) groups is 1. The number of nitrogens with zero attached hydrogens (tertiary/aromatic N) is 1.